The lowest BCUT2D eigenvalue weighted by Gasteiger charge is -2.00. The summed E-state index contributed by atoms with van der Waals surface area (Å²) < 4.78 is 0. The van der Waals surface area contributed by atoms with Gasteiger partial charge in [-0.25, -0.2) is 0 Å². The Kier molecular flexibility index (Phi) is 3.40. The van der Waals surface area contributed by atoms with Crippen molar-refractivity contribution in [3.05, 3.63) is 64.3 Å². The molecule has 0 radical (unpaired) electrons. The summed E-state index contributed by atoms with van der Waals surface area (Å²) in [5.41, 5.74) is 2.18. The third-order valence-electron chi connectivity index (χ3n) is 2.29. The molecule has 0 unspecified atom stereocenters. The fraction of sp³-hybridized carbons (Fsp3) is 0.0769. The van der Waals surface area contributed by atoms with Crippen LogP contribution in [0.15, 0.2) is 53.6 Å². The summed E-state index contributed by atoms with van der Waals surface area (Å²) in [7, 11) is 0. The van der Waals surface area contributed by atoms with E-state index in [4.69, 9.17) is 11.6 Å². The first-order chi connectivity index (χ1) is 8.15. The van der Waals surface area contributed by atoms with E-state index in [9.17, 15) is 5.21 Å². The van der Waals surface area contributed by atoms with E-state index in [1.165, 1.54) is 0 Å². The molecule has 0 amide bonds. The van der Waals surface area contributed by atoms with Crippen LogP contribution in [0.2, 0.25) is 5.02 Å². The first kappa shape index (κ1) is 11.6. The van der Waals surface area contributed by atoms with E-state index in [2.05, 4.69) is 5.11 Å². The second-order valence-electron chi connectivity index (χ2n) is 3.68. The molecule has 86 valence electrons. The van der Waals surface area contributed by atoms with Gasteiger partial charge in [0.25, 0.3) is 0 Å². The predicted octanol–water partition coefficient (Wildman–Crippen LogP) is 4.57. The minimum atomic E-state index is 0.505. The van der Waals surface area contributed by atoms with Crippen molar-refractivity contribution in [1.29, 1.82) is 0 Å². The van der Waals surface area contributed by atoms with Gasteiger partial charge in [-0.3, -0.25) is 0 Å². The monoisotopic (exact) mass is 246 g/mol. The average molecular weight is 247 g/mol. The Morgan fingerprint density at radius 1 is 1.00 bits per heavy atom. The third-order valence-corrected chi connectivity index (χ3v) is 2.54. The highest BCUT2D eigenvalue weighted by molar-refractivity contribution is 6.30. The van der Waals surface area contributed by atoms with Crippen molar-refractivity contribution in [3.63, 3.8) is 0 Å². The molecule has 0 aliphatic carbocycles. The Bertz CT molecular complexity index is 532. The van der Waals surface area contributed by atoms with E-state index in [-0.39, 0.29) is 0 Å². The Morgan fingerprint density at radius 2 is 1.59 bits per heavy atom. The summed E-state index contributed by atoms with van der Waals surface area (Å²) in [6, 6.07) is 14.0. The molecule has 2 rings (SSSR count). The highest BCUT2D eigenvalue weighted by Gasteiger charge is 2.02. The van der Waals surface area contributed by atoms with Crippen molar-refractivity contribution in [2.45, 2.75) is 6.92 Å². The molecule has 3 nitrogen and oxygen atoms in total. The van der Waals surface area contributed by atoms with Crippen molar-refractivity contribution in [2.75, 3.05) is 0 Å². The van der Waals surface area contributed by atoms with Crippen LogP contribution in [-0.2, 0) is 0 Å². The number of azo groups is 1. The van der Waals surface area contributed by atoms with E-state index >= 15 is 0 Å². The molecule has 0 fully saturated rings. The number of hydrogen-bond donors (Lipinski definition) is 0. The van der Waals surface area contributed by atoms with Crippen LogP contribution in [0, 0.1) is 12.1 Å². The second-order valence-corrected chi connectivity index (χ2v) is 4.12. The lowest BCUT2D eigenvalue weighted by molar-refractivity contribution is -0.435. The standard InChI is InChI=1S/C13H11ClN2O/c1-10-2-8-13(9-3-10)16(17)15-12-6-4-11(14)5-7-12/h2-9H,1H3. The lowest BCUT2D eigenvalue weighted by atomic mass is 10.2. The van der Waals surface area contributed by atoms with Crippen LogP contribution in [-0.4, -0.2) is 4.86 Å². The molecule has 4 heteroatoms. The molecule has 2 aromatic rings. The van der Waals surface area contributed by atoms with Gasteiger partial charge in [-0.2, -0.15) is 0 Å². The van der Waals surface area contributed by atoms with Crippen LogP contribution in [0.4, 0.5) is 11.4 Å². The van der Waals surface area contributed by atoms with Gasteiger partial charge in [0.2, 0.25) is 5.69 Å². The van der Waals surface area contributed by atoms with Gasteiger partial charge in [0, 0.05) is 22.3 Å². The number of rotatable bonds is 2. The smallest absolute Gasteiger partial charge is 0.244 e. The Labute approximate surface area is 105 Å². The molecule has 0 aromatic heterocycles. The van der Waals surface area contributed by atoms with E-state index in [0.29, 0.717) is 21.3 Å². The van der Waals surface area contributed by atoms with Crippen LogP contribution < -0.4 is 0 Å². The molecule has 0 saturated carbocycles. The van der Waals surface area contributed by atoms with Crippen molar-refractivity contribution >= 4 is 23.0 Å². The van der Waals surface area contributed by atoms with Crippen molar-refractivity contribution in [2.24, 2.45) is 5.11 Å². The minimum Gasteiger partial charge on any atom is -0.594 e. The van der Waals surface area contributed by atoms with Gasteiger partial charge in [0.1, 0.15) is 5.69 Å². The molecule has 17 heavy (non-hydrogen) atoms. The van der Waals surface area contributed by atoms with Crippen LogP contribution in [0.5, 0.6) is 0 Å². The molecule has 0 spiro atoms. The summed E-state index contributed by atoms with van der Waals surface area (Å²) in [6.07, 6.45) is 0. The topological polar surface area (TPSA) is 38.4 Å². The molecular formula is C13H11ClN2O. The van der Waals surface area contributed by atoms with Crippen molar-refractivity contribution in [3.8, 4) is 0 Å². The Hall–Kier alpha value is -1.87. The van der Waals surface area contributed by atoms with Crippen molar-refractivity contribution < 1.29 is 4.86 Å². The molecular weight excluding hydrogens is 236 g/mol. The normalized spacial score (nSPS) is 11.5. The first-order valence-electron chi connectivity index (χ1n) is 5.16. The fourth-order valence-corrected chi connectivity index (χ4v) is 1.47. The fourth-order valence-electron chi connectivity index (χ4n) is 1.34. The van der Waals surface area contributed by atoms with E-state index in [1.807, 2.05) is 19.1 Å². The van der Waals surface area contributed by atoms with Crippen LogP contribution in [0.25, 0.3) is 0 Å². The number of aryl methyl sites for hydroxylation is 1. The third kappa shape index (κ3) is 3.04. The number of nitrogens with zero attached hydrogens (tertiary/aromatic N) is 2. The van der Waals surface area contributed by atoms with E-state index in [0.717, 1.165) is 5.56 Å². The van der Waals surface area contributed by atoms with Gasteiger partial charge >= 0.3 is 0 Å². The lowest BCUT2D eigenvalue weighted by Crippen LogP contribution is -1.89. The maximum Gasteiger partial charge on any atom is 0.244 e. The molecule has 0 atom stereocenters. The van der Waals surface area contributed by atoms with E-state index < -0.39 is 0 Å². The van der Waals surface area contributed by atoms with Gasteiger partial charge in [-0.1, -0.05) is 34.2 Å². The number of hydrogen-bond acceptors (Lipinski definition) is 2. The molecule has 0 aliphatic heterocycles. The van der Waals surface area contributed by atoms with Crippen molar-refractivity contribution in [1.82, 2.24) is 0 Å². The zero-order valence-corrected chi connectivity index (χ0v) is 10.1. The van der Waals surface area contributed by atoms with Gasteiger partial charge in [0.15, 0.2) is 0 Å². The van der Waals surface area contributed by atoms with Crippen LogP contribution in [0.1, 0.15) is 5.56 Å². The summed E-state index contributed by atoms with van der Waals surface area (Å²) in [5.74, 6) is 0. The number of benzene rings is 2. The molecule has 0 N–H and O–H groups in total. The summed E-state index contributed by atoms with van der Waals surface area (Å²) in [6.45, 7) is 1.97. The highest BCUT2D eigenvalue weighted by Crippen LogP contribution is 2.19. The second kappa shape index (κ2) is 4.97. The van der Waals surface area contributed by atoms with E-state index in [1.54, 1.807) is 36.4 Å². The van der Waals surface area contributed by atoms with Crippen LogP contribution >= 0.6 is 11.6 Å². The zero-order valence-electron chi connectivity index (χ0n) is 9.30. The summed E-state index contributed by atoms with van der Waals surface area (Å²) >= 11 is 5.75. The van der Waals surface area contributed by atoms with Gasteiger partial charge in [0.05, 0.1) is 0 Å². The molecule has 2 aromatic carbocycles. The Morgan fingerprint density at radius 3 is 2.18 bits per heavy atom. The van der Waals surface area contributed by atoms with Crippen LogP contribution in [0.3, 0.4) is 0 Å². The maximum absolute atomic E-state index is 11.7. The molecule has 0 bridgehead atoms. The minimum absolute atomic E-state index is 0.505. The quantitative estimate of drug-likeness (QED) is 0.434. The van der Waals surface area contributed by atoms with Gasteiger partial charge in [-0.05, 0) is 31.2 Å². The first-order valence-corrected chi connectivity index (χ1v) is 5.54. The summed E-state index contributed by atoms with van der Waals surface area (Å²) in [4.78, 5) is 0.600. The largest absolute Gasteiger partial charge is 0.594 e. The summed E-state index contributed by atoms with van der Waals surface area (Å²) in [5, 5.41) is 16.3. The predicted molar refractivity (Wildman–Crippen MR) is 68.0 cm³/mol. The highest BCUT2D eigenvalue weighted by atomic mass is 35.5. The molecule has 0 saturated heterocycles. The van der Waals surface area contributed by atoms with Gasteiger partial charge < -0.3 is 5.21 Å². The maximum atomic E-state index is 11.7. The number of halogens is 1. The SMILES string of the molecule is Cc1ccc([N+]([O-])=Nc2ccc(Cl)cc2)cc1. The molecule has 0 aliphatic rings. The molecule has 0 heterocycles. The Balaban J connectivity index is 2.27. The van der Waals surface area contributed by atoms with Gasteiger partial charge in [-0.15, -0.1) is 0 Å². The zero-order chi connectivity index (χ0) is 12.3. The average Bonchev–Trinajstić information content (AvgIpc) is 2.33.